The molecule has 1 aromatic carbocycles. The standard InChI is InChI=1S/C16H20ClNO/c1-11-6-7-18(15(11)10-17)16(19)14-8-12-4-2-3-5-13(12)9-14/h2-5,11,14-15H,6-10H2,1H3. The van der Waals surface area contributed by atoms with Crippen LogP contribution in [0, 0.1) is 11.8 Å². The second kappa shape index (κ2) is 5.16. The third-order valence-corrected chi connectivity index (χ3v) is 5.04. The molecule has 1 aromatic rings. The molecule has 2 nitrogen and oxygen atoms in total. The van der Waals surface area contributed by atoms with E-state index in [-0.39, 0.29) is 12.0 Å². The van der Waals surface area contributed by atoms with E-state index < -0.39 is 0 Å². The molecule has 0 aromatic heterocycles. The highest BCUT2D eigenvalue weighted by Crippen LogP contribution is 2.32. The van der Waals surface area contributed by atoms with Gasteiger partial charge in [-0.25, -0.2) is 0 Å². The van der Waals surface area contributed by atoms with E-state index in [1.54, 1.807) is 0 Å². The van der Waals surface area contributed by atoms with Crippen LogP contribution in [0.25, 0.3) is 0 Å². The number of benzene rings is 1. The molecule has 3 rings (SSSR count). The van der Waals surface area contributed by atoms with Gasteiger partial charge in [-0.1, -0.05) is 31.2 Å². The molecule has 0 radical (unpaired) electrons. The molecule has 2 unspecified atom stereocenters. The van der Waals surface area contributed by atoms with E-state index in [1.807, 2.05) is 4.90 Å². The van der Waals surface area contributed by atoms with Crippen molar-refractivity contribution in [3.05, 3.63) is 35.4 Å². The summed E-state index contributed by atoms with van der Waals surface area (Å²) in [6.07, 6.45) is 2.88. The number of likely N-dealkylation sites (tertiary alicyclic amines) is 1. The minimum Gasteiger partial charge on any atom is -0.338 e. The molecule has 102 valence electrons. The first-order chi connectivity index (χ1) is 9.20. The quantitative estimate of drug-likeness (QED) is 0.761. The highest BCUT2D eigenvalue weighted by atomic mass is 35.5. The number of carbonyl (C=O) groups is 1. The number of carbonyl (C=O) groups excluding carboxylic acids is 1. The number of rotatable bonds is 2. The molecule has 1 heterocycles. The van der Waals surface area contributed by atoms with Gasteiger partial charge in [0.2, 0.25) is 5.91 Å². The van der Waals surface area contributed by atoms with E-state index in [9.17, 15) is 4.79 Å². The van der Waals surface area contributed by atoms with Crippen LogP contribution >= 0.6 is 11.6 Å². The maximum Gasteiger partial charge on any atom is 0.226 e. The largest absolute Gasteiger partial charge is 0.338 e. The number of hydrogen-bond acceptors (Lipinski definition) is 1. The molecule has 1 saturated heterocycles. The molecule has 2 atom stereocenters. The fourth-order valence-electron chi connectivity index (χ4n) is 3.49. The van der Waals surface area contributed by atoms with Crippen LogP contribution in [0.2, 0.25) is 0 Å². The number of halogens is 1. The van der Waals surface area contributed by atoms with Crippen molar-refractivity contribution in [2.24, 2.45) is 11.8 Å². The molecule has 1 aliphatic heterocycles. The highest BCUT2D eigenvalue weighted by Gasteiger charge is 2.38. The van der Waals surface area contributed by atoms with Crippen molar-refractivity contribution in [2.45, 2.75) is 32.2 Å². The van der Waals surface area contributed by atoms with Gasteiger partial charge in [0.05, 0.1) is 0 Å². The van der Waals surface area contributed by atoms with Crippen LogP contribution in [-0.2, 0) is 17.6 Å². The predicted molar refractivity (Wildman–Crippen MR) is 77.3 cm³/mol. The Kier molecular flexibility index (Phi) is 3.53. The predicted octanol–water partition coefficient (Wildman–Crippen LogP) is 2.88. The molecule has 1 fully saturated rings. The van der Waals surface area contributed by atoms with Gasteiger partial charge in [0.25, 0.3) is 0 Å². The maximum absolute atomic E-state index is 12.7. The summed E-state index contributed by atoms with van der Waals surface area (Å²) in [4.78, 5) is 14.7. The second-order valence-electron chi connectivity index (χ2n) is 5.89. The van der Waals surface area contributed by atoms with Gasteiger partial charge >= 0.3 is 0 Å². The number of nitrogens with zero attached hydrogens (tertiary/aromatic N) is 1. The number of fused-ring (bicyclic) bond motifs is 1. The average Bonchev–Trinajstić information content (AvgIpc) is 3.00. The average molecular weight is 278 g/mol. The third-order valence-electron chi connectivity index (χ3n) is 4.72. The Morgan fingerprint density at radius 1 is 1.32 bits per heavy atom. The van der Waals surface area contributed by atoms with E-state index >= 15 is 0 Å². The van der Waals surface area contributed by atoms with Crippen LogP contribution in [0.3, 0.4) is 0 Å². The van der Waals surface area contributed by atoms with Crippen molar-refractivity contribution in [3.8, 4) is 0 Å². The topological polar surface area (TPSA) is 20.3 Å². The monoisotopic (exact) mass is 277 g/mol. The molecule has 1 amide bonds. The summed E-state index contributed by atoms with van der Waals surface area (Å²) in [5.41, 5.74) is 2.69. The van der Waals surface area contributed by atoms with Gasteiger partial charge in [0.1, 0.15) is 0 Å². The van der Waals surface area contributed by atoms with Crippen molar-refractivity contribution in [1.82, 2.24) is 4.90 Å². The molecule has 0 saturated carbocycles. The molecule has 0 N–H and O–H groups in total. The highest BCUT2D eigenvalue weighted by molar-refractivity contribution is 6.18. The van der Waals surface area contributed by atoms with E-state index in [1.165, 1.54) is 11.1 Å². The number of hydrogen-bond donors (Lipinski definition) is 0. The molecule has 0 spiro atoms. The molecular weight excluding hydrogens is 258 g/mol. The second-order valence-corrected chi connectivity index (χ2v) is 6.20. The maximum atomic E-state index is 12.7. The summed E-state index contributed by atoms with van der Waals surface area (Å²) in [6, 6.07) is 8.65. The lowest BCUT2D eigenvalue weighted by Gasteiger charge is -2.27. The molecule has 19 heavy (non-hydrogen) atoms. The summed E-state index contributed by atoms with van der Waals surface area (Å²) in [7, 11) is 0. The zero-order chi connectivity index (χ0) is 13.4. The van der Waals surface area contributed by atoms with Gasteiger partial charge in [-0.3, -0.25) is 4.79 Å². The van der Waals surface area contributed by atoms with Crippen molar-refractivity contribution >= 4 is 17.5 Å². The van der Waals surface area contributed by atoms with E-state index in [2.05, 4.69) is 31.2 Å². The first kappa shape index (κ1) is 13.0. The smallest absolute Gasteiger partial charge is 0.226 e. The Morgan fingerprint density at radius 2 is 1.95 bits per heavy atom. The SMILES string of the molecule is CC1CCN(C(=O)C2Cc3ccccc3C2)C1CCl. The molecular formula is C16H20ClNO. The summed E-state index contributed by atoms with van der Waals surface area (Å²) >= 11 is 6.04. The van der Waals surface area contributed by atoms with Crippen LogP contribution in [-0.4, -0.2) is 29.3 Å². The number of amides is 1. The summed E-state index contributed by atoms with van der Waals surface area (Å²) < 4.78 is 0. The minimum absolute atomic E-state index is 0.133. The third kappa shape index (κ3) is 2.27. The molecule has 0 bridgehead atoms. The fourth-order valence-corrected chi connectivity index (χ4v) is 3.96. The number of alkyl halides is 1. The van der Waals surface area contributed by atoms with E-state index in [4.69, 9.17) is 11.6 Å². The summed E-state index contributed by atoms with van der Waals surface area (Å²) in [5.74, 6) is 1.54. The van der Waals surface area contributed by atoms with Crippen molar-refractivity contribution in [1.29, 1.82) is 0 Å². The zero-order valence-electron chi connectivity index (χ0n) is 11.3. The van der Waals surface area contributed by atoms with Gasteiger partial charge in [-0.2, -0.15) is 0 Å². The Balaban J connectivity index is 1.73. The van der Waals surface area contributed by atoms with Crippen LogP contribution < -0.4 is 0 Å². The van der Waals surface area contributed by atoms with Crippen LogP contribution in [0.1, 0.15) is 24.5 Å². The minimum atomic E-state index is 0.133. The van der Waals surface area contributed by atoms with Gasteiger partial charge in [-0.15, -0.1) is 11.6 Å². The Bertz CT molecular complexity index is 462. The van der Waals surface area contributed by atoms with Crippen molar-refractivity contribution < 1.29 is 4.79 Å². The summed E-state index contributed by atoms with van der Waals surface area (Å²) in [5, 5.41) is 0. The Labute approximate surface area is 119 Å². The lowest BCUT2D eigenvalue weighted by Crippen LogP contribution is -2.42. The molecule has 3 heteroatoms. The van der Waals surface area contributed by atoms with Gasteiger partial charge in [-0.05, 0) is 36.3 Å². The van der Waals surface area contributed by atoms with Crippen molar-refractivity contribution in [3.63, 3.8) is 0 Å². The van der Waals surface area contributed by atoms with E-state index in [0.717, 1.165) is 25.8 Å². The van der Waals surface area contributed by atoms with Gasteiger partial charge < -0.3 is 4.90 Å². The van der Waals surface area contributed by atoms with Gasteiger partial charge in [0.15, 0.2) is 0 Å². The van der Waals surface area contributed by atoms with Gasteiger partial charge in [0, 0.05) is 24.4 Å². The Hall–Kier alpha value is -1.02. The Morgan fingerprint density at radius 3 is 2.53 bits per heavy atom. The van der Waals surface area contributed by atoms with Crippen LogP contribution in [0.15, 0.2) is 24.3 Å². The normalized spacial score (nSPS) is 26.7. The molecule has 2 aliphatic rings. The molecule has 1 aliphatic carbocycles. The lowest BCUT2D eigenvalue weighted by molar-refractivity contribution is -0.136. The van der Waals surface area contributed by atoms with Crippen LogP contribution in [0.5, 0.6) is 0 Å². The summed E-state index contributed by atoms with van der Waals surface area (Å²) in [6.45, 7) is 3.08. The van der Waals surface area contributed by atoms with Crippen molar-refractivity contribution in [2.75, 3.05) is 12.4 Å². The fraction of sp³-hybridized carbons (Fsp3) is 0.562. The lowest BCUT2D eigenvalue weighted by atomic mass is 10.0. The van der Waals surface area contributed by atoms with E-state index in [0.29, 0.717) is 17.7 Å². The first-order valence-corrected chi connectivity index (χ1v) is 7.67. The van der Waals surface area contributed by atoms with Crippen LogP contribution in [0.4, 0.5) is 0 Å². The first-order valence-electron chi connectivity index (χ1n) is 7.14. The zero-order valence-corrected chi connectivity index (χ0v) is 12.1.